The summed E-state index contributed by atoms with van der Waals surface area (Å²) in [5.74, 6) is 0.597. The molecule has 0 saturated heterocycles. The van der Waals surface area contributed by atoms with Crippen molar-refractivity contribution in [1.82, 2.24) is 9.97 Å². The maximum atomic E-state index is 8.82. The first kappa shape index (κ1) is 9.92. The van der Waals surface area contributed by atoms with E-state index in [2.05, 4.69) is 22.2 Å². The molecule has 0 unspecified atom stereocenters. The van der Waals surface area contributed by atoms with Gasteiger partial charge in [-0.15, -0.1) is 0 Å². The molecule has 0 aliphatic heterocycles. The van der Waals surface area contributed by atoms with Gasteiger partial charge >= 0.3 is 0 Å². The first-order valence-corrected chi connectivity index (χ1v) is 4.53. The Morgan fingerprint density at radius 1 is 1.54 bits per heavy atom. The van der Waals surface area contributed by atoms with Crippen molar-refractivity contribution in [2.24, 2.45) is 0 Å². The minimum Gasteiger partial charge on any atom is -0.390 e. The second-order valence-electron chi connectivity index (χ2n) is 2.81. The third-order valence-corrected chi connectivity index (χ3v) is 1.69. The summed E-state index contributed by atoms with van der Waals surface area (Å²) >= 11 is 0. The fourth-order valence-electron chi connectivity index (χ4n) is 0.946. The maximum Gasteiger partial charge on any atom is 0.222 e. The van der Waals surface area contributed by atoms with Gasteiger partial charge in [0.05, 0.1) is 12.3 Å². The number of hydrogen-bond donors (Lipinski definition) is 2. The van der Waals surface area contributed by atoms with Crippen LogP contribution in [-0.4, -0.2) is 21.6 Å². The zero-order valence-corrected chi connectivity index (χ0v) is 7.82. The average molecular weight is 181 g/mol. The van der Waals surface area contributed by atoms with E-state index in [9.17, 15) is 0 Å². The Labute approximate surface area is 78.0 Å². The van der Waals surface area contributed by atoms with Crippen molar-refractivity contribution < 1.29 is 5.11 Å². The van der Waals surface area contributed by atoms with E-state index in [1.54, 1.807) is 12.3 Å². The van der Waals surface area contributed by atoms with Crippen LogP contribution in [0, 0.1) is 0 Å². The van der Waals surface area contributed by atoms with Crippen LogP contribution in [0.2, 0.25) is 0 Å². The first-order chi connectivity index (χ1) is 6.36. The third-order valence-electron chi connectivity index (χ3n) is 1.69. The van der Waals surface area contributed by atoms with Crippen LogP contribution >= 0.6 is 0 Å². The molecule has 13 heavy (non-hydrogen) atoms. The molecule has 0 aromatic carbocycles. The Bertz CT molecular complexity index is 252. The fourth-order valence-corrected chi connectivity index (χ4v) is 0.946. The molecule has 72 valence electrons. The SMILES string of the molecule is CCCCNc1nccc(CO)n1. The summed E-state index contributed by atoms with van der Waals surface area (Å²) in [5, 5.41) is 11.9. The topological polar surface area (TPSA) is 58.0 Å². The molecule has 0 atom stereocenters. The van der Waals surface area contributed by atoms with Crippen molar-refractivity contribution in [2.45, 2.75) is 26.4 Å². The number of hydrogen-bond acceptors (Lipinski definition) is 4. The lowest BCUT2D eigenvalue weighted by molar-refractivity contribution is 0.277. The second-order valence-corrected chi connectivity index (χ2v) is 2.81. The van der Waals surface area contributed by atoms with Gasteiger partial charge < -0.3 is 10.4 Å². The number of aliphatic hydroxyl groups is 1. The van der Waals surface area contributed by atoms with Crippen LogP contribution < -0.4 is 5.32 Å². The molecular weight excluding hydrogens is 166 g/mol. The average Bonchev–Trinajstić information content (AvgIpc) is 2.19. The summed E-state index contributed by atoms with van der Waals surface area (Å²) in [7, 11) is 0. The molecule has 0 radical (unpaired) electrons. The Hall–Kier alpha value is -1.16. The molecule has 0 aliphatic rings. The normalized spacial score (nSPS) is 10.0. The highest BCUT2D eigenvalue weighted by Gasteiger charge is 1.96. The summed E-state index contributed by atoms with van der Waals surface area (Å²) in [6.07, 6.45) is 3.90. The Balaban J connectivity index is 2.46. The molecule has 0 fully saturated rings. The highest BCUT2D eigenvalue weighted by molar-refractivity contribution is 5.24. The number of nitrogens with one attached hydrogen (secondary N) is 1. The minimum atomic E-state index is -0.0367. The molecule has 0 spiro atoms. The molecule has 0 amide bonds. The van der Waals surface area contributed by atoms with Gasteiger partial charge in [0, 0.05) is 12.7 Å². The maximum absolute atomic E-state index is 8.82. The van der Waals surface area contributed by atoms with Crippen molar-refractivity contribution >= 4 is 5.95 Å². The molecule has 4 nitrogen and oxygen atoms in total. The minimum absolute atomic E-state index is 0.0367. The van der Waals surface area contributed by atoms with Crippen LogP contribution in [-0.2, 0) is 6.61 Å². The van der Waals surface area contributed by atoms with E-state index in [-0.39, 0.29) is 6.61 Å². The number of nitrogens with zero attached hydrogens (tertiary/aromatic N) is 2. The van der Waals surface area contributed by atoms with Crippen LogP contribution in [0.4, 0.5) is 5.95 Å². The molecule has 1 aromatic rings. The van der Waals surface area contributed by atoms with Crippen molar-refractivity contribution in [3.05, 3.63) is 18.0 Å². The first-order valence-electron chi connectivity index (χ1n) is 4.53. The molecule has 0 bridgehead atoms. The number of aromatic nitrogens is 2. The zero-order valence-electron chi connectivity index (χ0n) is 7.82. The smallest absolute Gasteiger partial charge is 0.222 e. The lowest BCUT2D eigenvalue weighted by atomic mass is 10.3. The van der Waals surface area contributed by atoms with Crippen LogP contribution in [0.5, 0.6) is 0 Å². The van der Waals surface area contributed by atoms with Gasteiger partial charge in [-0.25, -0.2) is 9.97 Å². The molecule has 1 heterocycles. The van der Waals surface area contributed by atoms with Crippen LogP contribution in [0.3, 0.4) is 0 Å². The monoisotopic (exact) mass is 181 g/mol. The molecule has 0 saturated carbocycles. The number of anilines is 1. The predicted octanol–water partition coefficient (Wildman–Crippen LogP) is 1.18. The zero-order chi connectivity index (χ0) is 9.52. The van der Waals surface area contributed by atoms with E-state index in [4.69, 9.17) is 5.11 Å². The van der Waals surface area contributed by atoms with Crippen molar-refractivity contribution in [3.8, 4) is 0 Å². The summed E-state index contributed by atoms with van der Waals surface area (Å²) in [4.78, 5) is 8.12. The quantitative estimate of drug-likeness (QED) is 0.670. The van der Waals surface area contributed by atoms with Gasteiger partial charge in [0.2, 0.25) is 5.95 Å². The molecule has 4 heteroatoms. The largest absolute Gasteiger partial charge is 0.390 e. The summed E-state index contributed by atoms with van der Waals surface area (Å²) in [6.45, 7) is 2.98. The van der Waals surface area contributed by atoms with Gasteiger partial charge in [-0.3, -0.25) is 0 Å². The Morgan fingerprint density at radius 2 is 2.38 bits per heavy atom. The van der Waals surface area contributed by atoms with Crippen LogP contribution in [0.1, 0.15) is 25.5 Å². The van der Waals surface area contributed by atoms with Gasteiger partial charge in [0.1, 0.15) is 0 Å². The van der Waals surface area contributed by atoms with E-state index < -0.39 is 0 Å². The Morgan fingerprint density at radius 3 is 3.08 bits per heavy atom. The lowest BCUT2D eigenvalue weighted by Crippen LogP contribution is -2.06. The van der Waals surface area contributed by atoms with Gasteiger partial charge in [-0.05, 0) is 12.5 Å². The number of aliphatic hydroxyl groups excluding tert-OH is 1. The van der Waals surface area contributed by atoms with Gasteiger partial charge in [-0.1, -0.05) is 13.3 Å². The standard InChI is InChI=1S/C9H15N3O/c1-2-3-5-10-9-11-6-4-8(7-13)12-9/h4,6,13H,2-3,5,7H2,1H3,(H,10,11,12). The van der Waals surface area contributed by atoms with Crippen molar-refractivity contribution in [3.63, 3.8) is 0 Å². The third kappa shape index (κ3) is 3.38. The van der Waals surface area contributed by atoms with Gasteiger partial charge in [-0.2, -0.15) is 0 Å². The summed E-state index contributed by atoms with van der Waals surface area (Å²) in [6, 6.07) is 1.70. The predicted molar refractivity (Wildman–Crippen MR) is 51.4 cm³/mol. The van der Waals surface area contributed by atoms with E-state index in [0.29, 0.717) is 11.6 Å². The van der Waals surface area contributed by atoms with Crippen LogP contribution in [0.25, 0.3) is 0 Å². The second kappa shape index (κ2) is 5.48. The molecule has 2 N–H and O–H groups in total. The molecule has 0 aliphatic carbocycles. The van der Waals surface area contributed by atoms with Crippen LogP contribution in [0.15, 0.2) is 12.3 Å². The van der Waals surface area contributed by atoms with E-state index >= 15 is 0 Å². The van der Waals surface area contributed by atoms with Gasteiger partial charge in [0.25, 0.3) is 0 Å². The van der Waals surface area contributed by atoms with E-state index in [0.717, 1.165) is 19.4 Å². The van der Waals surface area contributed by atoms with Crippen molar-refractivity contribution in [1.29, 1.82) is 0 Å². The van der Waals surface area contributed by atoms with E-state index in [1.807, 2.05) is 0 Å². The summed E-state index contributed by atoms with van der Waals surface area (Å²) in [5.41, 5.74) is 0.647. The molecular formula is C9H15N3O. The summed E-state index contributed by atoms with van der Waals surface area (Å²) < 4.78 is 0. The highest BCUT2D eigenvalue weighted by Crippen LogP contribution is 2.00. The van der Waals surface area contributed by atoms with E-state index in [1.165, 1.54) is 0 Å². The lowest BCUT2D eigenvalue weighted by Gasteiger charge is -2.03. The van der Waals surface area contributed by atoms with Gasteiger partial charge in [0.15, 0.2) is 0 Å². The highest BCUT2D eigenvalue weighted by atomic mass is 16.3. The number of unbranched alkanes of at least 4 members (excludes halogenated alkanes) is 1. The molecule has 1 rings (SSSR count). The molecule has 1 aromatic heterocycles. The van der Waals surface area contributed by atoms with Crippen molar-refractivity contribution in [2.75, 3.05) is 11.9 Å². The fraction of sp³-hybridized carbons (Fsp3) is 0.556. The number of rotatable bonds is 5. The Kier molecular flexibility index (Phi) is 4.18.